The lowest BCUT2D eigenvalue weighted by atomic mass is 9.80. The summed E-state index contributed by atoms with van der Waals surface area (Å²) in [6.45, 7) is 7.86. The molecule has 0 spiro atoms. The van der Waals surface area contributed by atoms with Gasteiger partial charge >= 0.3 is 0 Å². The molecule has 0 amide bonds. The molecule has 0 aromatic heterocycles. The Hall–Kier alpha value is -0.370. The van der Waals surface area contributed by atoms with Gasteiger partial charge in [0.1, 0.15) is 5.78 Å². The average Bonchev–Trinajstić information content (AvgIpc) is 2.19. The number of carbonyl (C=O) groups is 1. The summed E-state index contributed by atoms with van der Waals surface area (Å²) in [5.41, 5.74) is -0.127. The Labute approximate surface area is 87.0 Å². The maximum Gasteiger partial charge on any atom is 0.138 e. The highest BCUT2D eigenvalue weighted by Gasteiger charge is 2.28. The highest BCUT2D eigenvalue weighted by Crippen LogP contribution is 2.28. The first-order valence-corrected chi connectivity index (χ1v) is 5.67. The molecule has 14 heavy (non-hydrogen) atoms. The number of hydrogen-bond acceptors (Lipinski definition) is 2. The maximum absolute atomic E-state index is 11.9. The third kappa shape index (κ3) is 3.09. The summed E-state index contributed by atoms with van der Waals surface area (Å²) in [6.07, 6.45) is 3.82. The second kappa shape index (κ2) is 4.92. The van der Waals surface area contributed by atoms with Crippen molar-refractivity contribution in [1.82, 2.24) is 0 Å². The Kier molecular flexibility index (Phi) is 4.11. The molecule has 2 nitrogen and oxygen atoms in total. The van der Waals surface area contributed by atoms with Gasteiger partial charge < -0.3 is 4.74 Å². The molecule has 0 radical (unpaired) electrons. The first-order chi connectivity index (χ1) is 6.56. The van der Waals surface area contributed by atoms with E-state index in [-0.39, 0.29) is 5.41 Å². The summed E-state index contributed by atoms with van der Waals surface area (Å²) < 4.78 is 5.28. The molecule has 1 fully saturated rings. The van der Waals surface area contributed by atoms with E-state index in [4.69, 9.17) is 4.74 Å². The van der Waals surface area contributed by atoms with Crippen LogP contribution in [0.25, 0.3) is 0 Å². The van der Waals surface area contributed by atoms with Crippen LogP contribution in [0.15, 0.2) is 0 Å². The van der Waals surface area contributed by atoms with Gasteiger partial charge in [-0.2, -0.15) is 0 Å². The lowest BCUT2D eigenvalue weighted by Crippen LogP contribution is -2.27. The average molecular weight is 198 g/mol. The highest BCUT2D eigenvalue weighted by atomic mass is 16.5. The van der Waals surface area contributed by atoms with Crippen LogP contribution < -0.4 is 0 Å². The Bertz CT molecular complexity index is 190. The number of hydrogen-bond donors (Lipinski definition) is 0. The van der Waals surface area contributed by atoms with E-state index in [1.165, 1.54) is 0 Å². The first-order valence-electron chi connectivity index (χ1n) is 5.67. The van der Waals surface area contributed by atoms with Gasteiger partial charge in [-0.3, -0.25) is 4.79 Å². The SMILES string of the molecule is CCC(C)(C)C(=O)CC1CCOCC1. The second-order valence-electron chi connectivity index (χ2n) is 4.92. The summed E-state index contributed by atoms with van der Waals surface area (Å²) in [6, 6.07) is 0. The molecule has 0 atom stereocenters. The second-order valence-corrected chi connectivity index (χ2v) is 4.92. The quantitative estimate of drug-likeness (QED) is 0.694. The Morgan fingerprint density at radius 2 is 1.93 bits per heavy atom. The Balaban J connectivity index is 2.39. The van der Waals surface area contributed by atoms with Crippen molar-refractivity contribution in [3.63, 3.8) is 0 Å². The van der Waals surface area contributed by atoms with Gasteiger partial charge in [-0.1, -0.05) is 20.8 Å². The number of ether oxygens (including phenoxy) is 1. The van der Waals surface area contributed by atoms with Gasteiger partial charge in [-0.15, -0.1) is 0 Å². The topological polar surface area (TPSA) is 26.3 Å². The van der Waals surface area contributed by atoms with Crippen molar-refractivity contribution in [2.24, 2.45) is 11.3 Å². The molecular weight excluding hydrogens is 176 g/mol. The molecule has 2 heteroatoms. The standard InChI is InChI=1S/C12H22O2/c1-4-12(2,3)11(13)9-10-5-7-14-8-6-10/h10H,4-9H2,1-3H3. The molecular formula is C12H22O2. The van der Waals surface area contributed by atoms with Gasteiger partial charge in [0.25, 0.3) is 0 Å². The van der Waals surface area contributed by atoms with E-state index >= 15 is 0 Å². The van der Waals surface area contributed by atoms with Crippen molar-refractivity contribution in [3.8, 4) is 0 Å². The van der Waals surface area contributed by atoms with Crippen molar-refractivity contribution >= 4 is 5.78 Å². The number of rotatable bonds is 4. The van der Waals surface area contributed by atoms with Crippen LogP contribution in [-0.4, -0.2) is 19.0 Å². The third-order valence-electron chi connectivity index (χ3n) is 3.45. The summed E-state index contributed by atoms with van der Waals surface area (Å²) in [4.78, 5) is 11.9. The van der Waals surface area contributed by atoms with Crippen LogP contribution >= 0.6 is 0 Å². The monoisotopic (exact) mass is 198 g/mol. The summed E-state index contributed by atoms with van der Waals surface area (Å²) in [5, 5.41) is 0. The molecule has 1 saturated heterocycles. The molecule has 82 valence electrons. The van der Waals surface area contributed by atoms with E-state index in [1.807, 2.05) is 0 Å². The predicted octanol–water partition coefficient (Wildman–Crippen LogP) is 2.81. The lowest BCUT2D eigenvalue weighted by Gasteiger charge is -2.26. The predicted molar refractivity (Wildman–Crippen MR) is 57.2 cm³/mol. The number of Topliss-reactive ketones (excluding diaryl/α,β-unsaturated/α-hetero) is 1. The van der Waals surface area contributed by atoms with Crippen LogP contribution in [0.2, 0.25) is 0 Å². The van der Waals surface area contributed by atoms with E-state index < -0.39 is 0 Å². The van der Waals surface area contributed by atoms with Crippen molar-refractivity contribution in [3.05, 3.63) is 0 Å². The van der Waals surface area contributed by atoms with Gasteiger partial charge in [0.2, 0.25) is 0 Å². The largest absolute Gasteiger partial charge is 0.381 e. The van der Waals surface area contributed by atoms with Crippen LogP contribution in [-0.2, 0) is 9.53 Å². The van der Waals surface area contributed by atoms with Crippen molar-refractivity contribution < 1.29 is 9.53 Å². The smallest absolute Gasteiger partial charge is 0.138 e. The first kappa shape index (κ1) is 11.7. The summed E-state index contributed by atoms with van der Waals surface area (Å²) in [5.74, 6) is 0.994. The highest BCUT2D eigenvalue weighted by molar-refractivity contribution is 5.84. The lowest BCUT2D eigenvalue weighted by molar-refractivity contribution is -0.128. The van der Waals surface area contributed by atoms with Gasteiger partial charge in [0.15, 0.2) is 0 Å². The van der Waals surface area contributed by atoms with Crippen LogP contribution in [0.1, 0.15) is 46.5 Å². The molecule has 0 bridgehead atoms. The third-order valence-corrected chi connectivity index (χ3v) is 3.45. The zero-order chi connectivity index (χ0) is 10.6. The fraction of sp³-hybridized carbons (Fsp3) is 0.917. The van der Waals surface area contributed by atoms with Gasteiger partial charge in [0, 0.05) is 25.0 Å². The Morgan fingerprint density at radius 1 is 1.36 bits per heavy atom. The molecule has 1 rings (SSSR count). The molecule has 0 aromatic rings. The molecule has 1 aliphatic heterocycles. The molecule has 0 unspecified atom stereocenters. The van der Waals surface area contributed by atoms with E-state index in [9.17, 15) is 4.79 Å². The maximum atomic E-state index is 11.9. The van der Waals surface area contributed by atoms with E-state index in [2.05, 4.69) is 20.8 Å². The van der Waals surface area contributed by atoms with Crippen molar-refractivity contribution in [2.75, 3.05) is 13.2 Å². The number of ketones is 1. The Morgan fingerprint density at radius 3 is 2.43 bits per heavy atom. The van der Waals surface area contributed by atoms with Gasteiger partial charge in [0.05, 0.1) is 0 Å². The van der Waals surface area contributed by atoms with Gasteiger partial charge in [-0.25, -0.2) is 0 Å². The van der Waals surface area contributed by atoms with E-state index in [1.54, 1.807) is 0 Å². The minimum absolute atomic E-state index is 0.127. The van der Waals surface area contributed by atoms with Crippen molar-refractivity contribution in [1.29, 1.82) is 0 Å². The van der Waals surface area contributed by atoms with E-state index in [0.717, 1.165) is 38.9 Å². The van der Waals surface area contributed by atoms with Crippen LogP contribution in [0.3, 0.4) is 0 Å². The molecule has 0 N–H and O–H groups in total. The molecule has 0 saturated carbocycles. The molecule has 1 aliphatic rings. The van der Waals surface area contributed by atoms with Crippen LogP contribution in [0, 0.1) is 11.3 Å². The van der Waals surface area contributed by atoms with Crippen LogP contribution in [0.4, 0.5) is 0 Å². The summed E-state index contributed by atoms with van der Waals surface area (Å²) >= 11 is 0. The van der Waals surface area contributed by atoms with Crippen molar-refractivity contribution in [2.45, 2.75) is 46.5 Å². The zero-order valence-corrected chi connectivity index (χ0v) is 9.64. The minimum Gasteiger partial charge on any atom is -0.381 e. The number of carbonyl (C=O) groups excluding carboxylic acids is 1. The normalized spacial score (nSPS) is 19.6. The zero-order valence-electron chi connectivity index (χ0n) is 9.64. The fourth-order valence-corrected chi connectivity index (χ4v) is 1.69. The van der Waals surface area contributed by atoms with Crippen LogP contribution in [0.5, 0.6) is 0 Å². The summed E-state index contributed by atoms with van der Waals surface area (Å²) in [7, 11) is 0. The molecule has 0 aromatic carbocycles. The molecule has 1 heterocycles. The fourth-order valence-electron chi connectivity index (χ4n) is 1.69. The van der Waals surface area contributed by atoms with E-state index in [0.29, 0.717) is 11.7 Å². The molecule has 0 aliphatic carbocycles. The minimum atomic E-state index is -0.127. The van der Waals surface area contributed by atoms with Gasteiger partial charge in [-0.05, 0) is 25.2 Å².